The maximum atomic E-state index is 11.6. The van der Waals surface area contributed by atoms with Gasteiger partial charge >= 0.3 is 5.97 Å². The molecule has 1 unspecified atom stereocenters. The summed E-state index contributed by atoms with van der Waals surface area (Å²) in [6.45, 7) is 1.91. The van der Waals surface area contributed by atoms with Gasteiger partial charge in [-0.05, 0) is 12.8 Å². The van der Waals surface area contributed by atoms with Crippen LogP contribution in [0.4, 0.5) is 0 Å². The fourth-order valence-corrected chi connectivity index (χ4v) is 2.62. The molecule has 116 valence electrons. The molecule has 0 aliphatic carbocycles. The van der Waals surface area contributed by atoms with E-state index in [0.717, 1.165) is 19.4 Å². The fraction of sp³-hybridized carbons (Fsp3) is 0.615. The Labute approximate surface area is 126 Å². The second-order valence-corrected chi connectivity index (χ2v) is 5.61. The number of thiazole rings is 1. The van der Waals surface area contributed by atoms with Crippen molar-refractivity contribution in [2.24, 2.45) is 0 Å². The minimum atomic E-state index is -1.06. The Bertz CT molecular complexity index is 485. The Hall–Kier alpha value is -1.51. The number of aromatic carboxylic acids is 1. The van der Waals surface area contributed by atoms with Crippen LogP contribution in [0.25, 0.3) is 0 Å². The third-order valence-electron chi connectivity index (χ3n) is 3.01. The smallest absolute Gasteiger partial charge is 0.355 e. The van der Waals surface area contributed by atoms with Gasteiger partial charge in [0.2, 0.25) is 5.91 Å². The molecule has 0 aromatic carbocycles. The van der Waals surface area contributed by atoms with E-state index in [-0.39, 0.29) is 30.7 Å². The van der Waals surface area contributed by atoms with Gasteiger partial charge in [-0.15, -0.1) is 11.3 Å². The van der Waals surface area contributed by atoms with Crippen molar-refractivity contribution in [2.75, 3.05) is 19.8 Å². The lowest BCUT2D eigenvalue weighted by Crippen LogP contribution is -2.24. The molecule has 1 atom stereocenters. The number of carboxylic acids is 1. The predicted molar refractivity (Wildman–Crippen MR) is 75.3 cm³/mol. The first kappa shape index (κ1) is 15.9. The van der Waals surface area contributed by atoms with Crippen molar-refractivity contribution in [3.05, 3.63) is 16.1 Å². The molecule has 1 aliphatic heterocycles. The van der Waals surface area contributed by atoms with E-state index >= 15 is 0 Å². The van der Waals surface area contributed by atoms with Gasteiger partial charge in [0.05, 0.1) is 25.9 Å². The summed E-state index contributed by atoms with van der Waals surface area (Å²) < 4.78 is 10.8. The Morgan fingerprint density at radius 3 is 3.10 bits per heavy atom. The number of rotatable bonds is 8. The summed E-state index contributed by atoms with van der Waals surface area (Å²) in [4.78, 5) is 26.1. The van der Waals surface area contributed by atoms with Crippen LogP contribution >= 0.6 is 11.3 Å². The number of amides is 1. The molecule has 0 bridgehead atoms. The number of ether oxygens (including phenoxy) is 2. The molecular weight excluding hydrogens is 296 g/mol. The molecule has 1 amide bonds. The minimum Gasteiger partial charge on any atom is -0.476 e. The molecule has 7 nitrogen and oxygen atoms in total. The molecule has 2 heterocycles. The number of carbonyl (C=O) groups is 2. The molecule has 0 spiro atoms. The highest BCUT2D eigenvalue weighted by Crippen LogP contribution is 2.12. The predicted octanol–water partition coefficient (Wildman–Crippen LogP) is 1.04. The van der Waals surface area contributed by atoms with Crippen LogP contribution in [0.3, 0.4) is 0 Å². The van der Waals surface area contributed by atoms with Crippen molar-refractivity contribution in [3.63, 3.8) is 0 Å². The molecule has 1 aromatic rings. The van der Waals surface area contributed by atoms with Crippen molar-refractivity contribution in [3.8, 4) is 0 Å². The first-order valence-electron chi connectivity index (χ1n) is 6.79. The highest BCUT2D eigenvalue weighted by atomic mass is 32.1. The molecule has 1 aliphatic rings. The minimum absolute atomic E-state index is 0.00384. The third kappa shape index (κ3) is 5.41. The Kier molecular flexibility index (Phi) is 6.09. The summed E-state index contributed by atoms with van der Waals surface area (Å²) in [7, 11) is 0. The zero-order valence-electron chi connectivity index (χ0n) is 11.5. The van der Waals surface area contributed by atoms with E-state index < -0.39 is 5.97 Å². The molecule has 2 N–H and O–H groups in total. The normalized spacial score (nSPS) is 17.8. The van der Waals surface area contributed by atoms with Crippen molar-refractivity contribution in [1.82, 2.24) is 10.3 Å². The lowest BCUT2D eigenvalue weighted by Gasteiger charge is -2.09. The standard InChI is InChI=1S/C13H18N2O5S/c16-11(3-5-19-7-9-2-1-4-20-9)14-6-12-15-10(8-21-12)13(17)18/h8-9H,1-7H2,(H,14,16)(H,17,18). The lowest BCUT2D eigenvalue weighted by atomic mass is 10.2. The number of hydrogen-bond donors (Lipinski definition) is 2. The van der Waals surface area contributed by atoms with Gasteiger partial charge < -0.3 is 19.9 Å². The summed E-state index contributed by atoms with van der Waals surface area (Å²) in [5, 5.41) is 13.4. The monoisotopic (exact) mass is 314 g/mol. The van der Waals surface area contributed by atoms with Gasteiger partial charge in [-0.25, -0.2) is 9.78 Å². The van der Waals surface area contributed by atoms with E-state index in [1.165, 1.54) is 16.7 Å². The number of hydrogen-bond acceptors (Lipinski definition) is 6. The molecule has 2 rings (SSSR count). The van der Waals surface area contributed by atoms with Gasteiger partial charge in [-0.3, -0.25) is 4.79 Å². The van der Waals surface area contributed by atoms with E-state index in [1.807, 2.05) is 0 Å². The SMILES string of the molecule is O=C(CCOCC1CCCO1)NCc1nc(C(=O)O)cs1. The van der Waals surface area contributed by atoms with Gasteiger partial charge in [0.1, 0.15) is 5.01 Å². The van der Waals surface area contributed by atoms with E-state index in [2.05, 4.69) is 10.3 Å². The zero-order valence-corrected chi connectivity index (χ0v) is 12.4. The van der Waals surface area contributed by atoms with Crippen molar-refractivity contribution in [1.29, 1.82) is 0 Å². The van der Waals surface area contributed by atoms with Crippen LogP contribution in [0.1, 0.15) is 34.8 Å². The second kappa shape index (κ2) is 8.06. The van der Waals surface area contributed by atoms with Crippen LogP contribution in [-0.4, -0.2) is 47.9 Å². The van der Waals surface area contributed by atoms with Crippen molar-refractivity contribution >= 4 is 23.2 Å². The van der Waals surface area contributed by atoms with Gasteiger partial charge in [0, 0.05) is 18.4 Å². The largest absolute Gasteiger partial charge is 0.476 e. The zero-order chi connectivity index (χ0) is 15.1. The fourth-order valence-electron chi connectivity index (χ4n) is 1.91. The van der Waals surface area contributed by atoms with Gasteiger partial charge in [0.15, 0.2) is 5.69 Å². The first-order valence-corrected chi connectivity index (χ1v) is 7.67. The van der Waals surface area contributed by atoms with Crippen LogP contribution in [0.2, 0.25) is 0 Å². The second-order valence-electron chi connectivity index (χ2n) is 4.67. The number of carboxylic acid groups (broad SMARTS) is 1. The summed E-state index contributed by atoms with van der Waals surface area (Å²) in [5.74, 6) is -1.21. The quantitative estimate of drug-likeness (QED) is 0.696. The Balaban J connectivity index is 1.57. The van der Waals surface area contributed by atoms with E-state index in [0.29, 0.717) is 18.2 Å². The third-order valence-corrected chi connectivity index (χ3v) is 3.86. The van der Waals surface area contributed by atoms with Gasteiger partial charge in [0.25, 0.3) is 0 Å². The molecule has 0 saturated carbocycles. The molecule has 0 radical (unpaired) electrons. The molecule has 21 heavy (non-hydrogen) atoms. The average molecular weight is 314 g/mol. The number of carbonyl (C=O) groups excluding carboxylic acids is 1. The van der Waals surface area contributed by atoms with Crippen LogP contribution in [0.15, 0.2) is 5.38 Å². The molecule has 1 fully saturated rings. The van der Waals surface area contributed by atoms with Crippen LogP contribution in [0, 0.1) is 0 Å². The maximum absolute atomic E-state index is 11.6. The van der Waals surface area contributed by atoms with E-state index in [1.54, 1.807) is 0 Å². The lowest BCUT2D eigenvalue weighted by molar-refractivity contribution is -0.122. The summed E-state index contributed by atoms with van der Waals surface area (Å²) >= 11 is 1.21. The Morgan fingerprint density at radius 2 is 2.43 bits per heavy atom. The maximum Gasteiger partial charge on any atom is 0.355 e. The number of nitrogens with zero attached hydrogens (tertiary/aromatic N) is 1. The number of aromatic nitrogens is 1. The highest BCUT2D eigenvalue weighted by Gasteiger charge is 2.15. The first-order chi connectivity index (χ1) is 10.1. The summed E-state index contributed by atoms with van der Waals surface area (Å²) in [6.07, 6.45) is 2.52. The van der Waals surface area contributed by atoms with Crippen LogP contribution in [0.5, 0.6) is 0 Å². The van der Waals surface area contributed by atoms with Crippen molar-refractivity contribution < 1.29 is 24.2 Å². The van der Waals surface area contributed by atoms with Crippen LogP contribution < -0.4 is 5.32 Å². The van der Waals surface area contributed by atoms with Gasteiger partial charge in [-0.2, -0.15) is 0 Å². The topological polar surface area (TPSA) is 97.8 Å². The summed E-state index contributed by atoms with van der Waals surface area (Å²) in [6, 6.07) is 0. The van der Waals surface area contributed by atoms with E-state index in [9.17, 15) is 9.59 Å². The molecular formula is C13H18N2O5S. The average Bonchev–Trinajstić information content (AvgIpc) is 3.12. The molecule has 8 heteroatoms. The van der Waals surface area contributed by atoms with E-state index in [4.69, 9.17) is 14.6 Å². The molecule has 1 saturated heterocycles. The van der Waals surface area contributed by atoms with Crippen molar-refractivity contribution in [2.45, 2.75) is 31.9 Å². The molecule has 1 aromatic heterocycles. The van der Waals surface area contributed by atoms with Gasteiger partial charge in [-0.1, -0.05) is 0 Å². The highest BCUT2D eigenvalue weighted by molar-refractivity contribution is 7.09. The number of nitrogens with one attached hydrogen (secondary N) is 1. The Morgan fingerprint density at radius 1 is 1.57 bits per heavy atom. The van der Waals surface area contributed by atoms with Crippen LogP contribution in [-0.2, 0) is 20.8 Å². The summed E-state index contributed by atoms with van der Waals surface area (Å²) in [5.41, 5.74) is 0.00384.